The van der Waals surface area contributed by atoms with Gasteiger partial charge in [0.15, 0.2) is 17.8 Å². The van der Waals surface area contributed by atoms with Crippen LogP contribution in [0.5, 0.6) is 11.5 Å². The van der Waals surface area contributed by atoms with Crippen LogP contribution in [0.15, 0.2) is 12.1 Å². The zero-order valence-corrected chi connectivity index (χ0v) is 10.2. The fourth-order valence-corrected chi connectivity index (χ4v) is 2.13. The molecule has 0 atom stereocenters. The van der Waals surface area contributed by atoms with Crippen molar-refractivity contribution in [3.8, 4) is 11.5 Å². The molecule has 5 heteroatoms. The summed E-state index contributed by atoms with van der Waals surface area (Å²) in [6.45, 7) is 0. The zero-order chi connectivity index (χ0) is 13.3. The first-order valence-electron chi connectivity index (χ1n) is 5.54. The smallest absolute Gasteiger partial charge is 0.314 e. The summed E-state index contributed by atoms with van der Waals surface area (Å²) in [5, 5.41) is 9.28. The lowest BCUT2D eigenvalue weighted by Crippen LogP contribution is -2.21. The molecular weight excluding hydrogens is 236 g/mol. The maximum Gasteiger partial charge on any atom is 0.314 e. The number of hydrogen-bond acceptors (Lipinski definition) is 4. The van der Waals surface area contributed by atoms with E-state index in [2.05, 4.69) is 0 Å². The van der Waals surface area contributed by atoms with Gasteiger partial charge in [-0.15, -0.1) is 0 Å². The number of aldehydes is 1. The SMILES string of the molecule is COc1cc(C=O)c(C2(C(=O)O)CC2)cc1OC. The van der Waals surface area contributed by atoms with Gasteiger partial charge in [0.1, 0.15) is 0 Å². The van der Waals surface area contributed by atoms with E-state index in [0.29, 0.717) is 41.8 Å². The Labute approximate surface area is 104 Å². The number of ether oxygens (including phenoxy) is 2. The number of carboxylic acids is 1. The molecule has 5 nitrogen and oxygen atoms in total. The minimum absolute atomic E-state index is 0.340. The Morgan fingerprint density at radius 2 is 1.83 bits per heavy atom. The number of methoxy groups -OCH3 is 2. The Hall–Kier alpha value is -2.04. The van der Waals surface area contributed by atoms with Crippen molar-refractivity contribution in [2.24, 2.45) is 0 Å². The highest BCUT2D eigenvalue weighted by atomic mass is 16.5. The molecule has 1 aliphatic rings. The number of carboxylic acid groups (broad SMARTS) is 1. The summed E-state index contributed by atoms with van der Waals surface area (Å²) in [5.41, 5.74) is -0.0919. The third-order valence-electron chi connectivity index (χ3n) is 3.36. The lowest BCUT2D eigenvalue weighted by molar-refractivity contribution is -0.140. The fourth-order valence-electron chi connectivity index (χ4n) is 2.13. The summed E-state index contributed by atoms with van der Waals surface area (Å²) in [6, 6.07) is 3.11. The first-order valence-corrected chi connectivity index (χ1v) is 5.54. The van der Waals surface area contributed by atoms with Crippen LogP contribution in [0, 0.1) is 0 Å². The van der Waals surface area contributed by atoms with Gasteiger partial charge in [0.2, 0.25) is 0 Å². The van der Waals surface area contributed by atoms with Crippen LogP contribution >= 0.6 is 0 Å². The highest BCUT2D eigenvalue weighted by Gasteiger charge is 2.53. The summed E-state index contributed by atoms with van der Waals surface area (Å²) >= 11 is 0. The molecule has 18 heavy (non-hydrogen) atoms. The van der Waals surface area contributed by atoms with Crippen molar-refractivity contribution < 1.29 is 24.2 Å². The largest absolute Gasteiger partial charge is 0.493 e. The lowest BCUT2D eigenvalue weighted by atomic mass is 9.91. The quantitative estimate of drug-likeness (QED) is 0.804. The topological polar surface area (TPSA) is 72.8 Å². The van der Waals surface area contributed by atoms with Crippen LogP contribution in [0.1, 0.15) is 28.8 Å². The molecule has 1 aromatic carbocycles. The summed E-state index contributed by atoms with van der Waals surface area (Å²) in [5.74, 6) is -0.0482. The second kappa shape index (κ2) is 4.33. The van der Waals surface area contributed by atoms with Crippen molar-refractivity contribution in [1.82, 2.24) is 0 Å². The van der Waals surface area contributed by atoms with Crippen molar-refractivity contribution in [2.75, 3.05) is 14.2 Å². The van der Waals surface area contributed by atoms with Crippen molar-refractivity contribution in [2.45, 2.75) is 18.3 Å². The molecule has 1 aromatic rings. The third-order valence-corrected chi connectivity index (χ3v) is 3.36. The zero-order valence-electron chi connectivity index (χ0n) is 10.2. The molecule has 1 saturated carbocycles. The molecule has 0 heterocycles. The number of carbonyl (C=O) groups is 2. The molecule has 0 radical (unpaired) electrons. The van der Waals surface area contributed by atoms with Crippen LogP contribution in [-0.2, 0) is 10.2 Å². The van der Waals surface area contributed by atoms with Crippen LogP contribution in [0.25, 0.3) is 0 Å². The highest BCUT2D eigenvalue weighted by Crippen LogP contribution is 2.51. The third kappa shape index (κ3) is 1.72. The number of aliphatic carboxylic acids is 1. The van der Waals surface area contributed by atoms with E-state index < -0.39 is 11.4 Å². The molecule has 0 aliphatic heterocycles. The van der Waals surface area contributed by atoms with Gasteiger partial charge in [0.05, 0.1) is 19.6 Å². The molecule has 0 amide bonds. The second-order valence-electron chi connectivity index (χ2n) is 4.30. The lowest BCUT2D eigenvalue weighted by Gasteiger charge is -2.16. The average Bonchev–Trinajstić information content (AvgIpc) is 3.18. The summed E-state index contributed by atoms with van der Waals surface area (Å²) in [6.07, 6.45) is 1.73. The summed E-state index contributed by atoms with van der Waals surface area (Å²) in [7, 11) is 2.94. The Morgan fingerprint density at radius 1 is 1.28 bits per heavy atom. The van der Waals surface area contributed by atoms with Gasteiger partial charge in [0, 0.05) is 5.56 Å². The number of hydrogen-bond donors (Lipinski definition) is 1. The minimum atomic E-state index is -0.935. The number of benzene rings is 1. The molecule has 1 fully saturated rings. The van der Waals surface area contributed by atoms with Crippen molar-refractivity contribution in [3.05, 3.63) is 23.3 Å². The van der Waals surface area contributed by atoms with Crippen LogP contribution in [0.3, 0.4) is 0 Å². The average molecular weight is 250 g/mol. The van der Waals surface area contributed by atoms with E-state index in [4.69, 9.17) is 9.47 Å². The van der Waals surface area contributed by atoms with Gasteiger partial charge >= 0.3 is 5.97 Å². The van der Waals surface area contributed by atoms with E-state index in [9.17, 15) is 14.7 Å². The van der Waals surface area contributed by atoms with Gasteiger partial charge < -0.3 is 14.6 Å². The van der Waals surface area contributed by atoms with Gasteiger partial charge in [-0.05, 0) is 30.5 Å². The highest BCUT2D eigenvalue weighted by molar-refractivity contribution is 5.90. The van der Waals surface area contributed by atoms with Gasteiger partial charge in [-0.25, -0.2) is 0 Å². The molecule has 2 rings (SSSR count). The van der Waals surface area contributed by atoms with E-state index >= 15 is 0 Å². The molecule has 0 unspecified atom stereocenters. The van der Waals surface area contributed by atoms with E-state index in [0.717, 1.165) is 0 Å². The van der Waals surface area contributed by atoms with Gasteiger partial charge in [-0.1, -0.05) is 0 Å². The molecule has 1 N–H and O–H groups in total. The normalized spacial score (nSPS) is 15.9. The molecule has 0 aromatic heterocycles. The van der Waals surface area contributed by atoms with Gasteiger partial charge in [-0.2, -0.15) is 0 Å². The predicted octanol–water partition coefficient (Wildman–Crippen LogP) is 1.63. The minimum Gasteiger partial charge on any atom is -0.493 e. The van der Waals surface area contributed by atoms with Crippen LogP contribution < -0.4 is 9.47 Å². The van der Waals surface area contributed by atoms with Gasteiger partial charge in [0.25, 0.3) is 0 Å². The van der Waals surface area contributed by atoms with Crippen molar-refractivity contribution >= 4 is 12.3 Å². The van der Waals surface area contributed by atoms with E-state index in [1.54, 1.807) is 6.07 Å². The molecule has 0 bridgehead atoms. The van der Waals surface area contributed by atoms with E-state index in [1.807, 2.05) is 0 Å². The molecule has 1 aliphatic carbocycles. The molecular formula is C13H14O5. The van der Waals surface area contributed by atoms with Crippen molar-refractivity contribution in [1.29, 1.82) is 0 Å². The van der Waals surface area contributed by atoms with Crippen LogP contribution in [0.2, 0.25) is 0 Å². The summed E-state index contributed by atoms with van der Waals surface area (Å²) < 4.78 is 10.2. The fraction of sp³-hybridized carbons (Fsp3) is 0.385. The molecule has 0 saturated heterocycles. The Balaban J connectivity index is 2.60. The maximum absolute atomic E-state index is 11.3. The first kappa shape index (κ1) is 12.4. The molecule has 0 spiro atoms. The van der Waals surface area contributed by atoms with E-state index in [1.165, 1.54) is 20.3 Å². The first-order chi connectivity index (χ1) is 8.58. The summed E-state index contributed by atoms with van der Waals surface area (Å²) in [4.78, 5) is 22.4. The standard InChI is InChI=1S/C13H14O5/c1-17-10-5-8(7-14)9(6-11(10)18-2)13(3-4-13)12(15)16/h5-7H,3-4H2,1-2H3,(H,15,16). The van der Waals surface area contributed by atoms with E-state index in [-0.39, 0.29) is 0 Å². The van der Waals surface area contributed by atoms with Crippen molar-refractivity contribution in [3.63, 3.8) is 0 Å². The van der Waals surface area contributed by atoms with Crippen LogP contribution in [0.4, 0.5) is 0 Å². The Kier molecular flexibility index (Phi) is 2.98. The molecule has 96 valence electrons. The maximum atomic E-state index is 11.3. The number of rotatable bonds is 5. The Morgan fingerprint density at radius 3 is 2.22 bits per heavy atom. The second-order valence-corrected chi connectivity index (χ2v) is 4.30. The Bertz CT molecular complexity index is 502. The monoisotopic (exact) mass is 250 g/mol. The number of carbonyl (C=O) groups excluding carboxylic acids is 1. The van der Waals surface area contributed by atoms with Gasteiger partial charge in [-0.3, -0.25) is 9.59 Å². The predicted molar refractivity (Wildman–Crippen MR) is 63.5 cm³/mol. The van der Waals surface area contributed by atoms with Crippen LogP contribution in [-0.4, -0.2) is 31.6 Å².